The van der Waals surface area contributed by atoms with Crippen molar-refractivity contribution in [3.63, 3.8) is 0 Å². The lowest BCUT2D eigenvalue weighted by Gasteiger charge is -2.45. The van der Waals surface area contributed by atoms with Crippen LogP contribution in [0.25, 0.3) is 0 Å². The first-order chi connectivity index (χ1) is 10.1. The summed E-state index contributed by atoms with van der Waals surface area (Å²) < 4.78 is 5.50. The van der Waals surface area contributed by atoms with Crippen molar-refractivity contribution >= 4 is 12.0 Å². The van der Waals surface area contributed by atoms with E-state index < -0.39 is 5.60 Å². The maximum atomic E-state index is 12.4. The number of likely N-dealkylation sites (tertiary alicyclic amines) is 2. The summed E-state index contributed by atoms with van der Waals surface area (Å²) in [5.74, 6) is 0.0510. The van der Waals surface area contributed by atoms with Crippen molar-refractivity contribution in [2.45, 2.75) is 83.6 Å². The predicted molar refractivity (Wildman–Crippen MR) is 84.3 cm³/mol. The fraction of sp³-hybridized carbons (Fsp3) is 0.875. The summed E-state index contributed by atoms with van der Waals surface area (Å²) in [4.78, 5) is 28.2. The summed E-state index contributed by atoms with van der Waals surface area (Å²) in [7, 11) is 0. The van der Waals surface area contributed by atoms with Crippen molar-refractivity contribution in [3.8, 4) is 0 Å². The Morgan fingerprint density at radius 2 is 1.77 bits per heavy atom. The molecule has 0 aromatic heterocycles. The molecule has 2 saturated heterocycles. The predicted octanol–water partition coefficient (Wildman–Crippen LogP) is 1.72. The number of ether oxygens (including phenoxy) is 1. The highest BCUT2D eigenvalue weighted by atomic mass is 16.6. The lowest BCUT2D eigenvalue weighted by atomic mass is 9.92. The SMILES string of the molecule is CC1CC(N2CC[C@H](N)C2=O)CC(C)N1C(=O)OC(C)(C)C. The van der Waals surface area contributed by atoms with Crippen LogP contribution < -0.4 is 5.73 Å². The highest BCUT2D eigenvalue weighted by molar-refractivity contribution is 5.84. The summed E-state index contributed by atoms with van der Waals surface area (Å²) in [6.45, 7) is 10.4. The average Bonchev–Trinajstić information content (AvgIpc) is 2.66. The molecule has 6 nitrogen and oxygen atoms in total. The van der Waals surface area contributed by atoms with Gasteiger partial charge in [0.2, 0.25) is 5.91 Å². The largest absolute Gasteiger partial charge is 0.444 e. The van der Waals surface area contributed by atoms with Crippen LogP contribution in [0.1, 0.15) is 53.9 Å². The number of nitrogens with zero attached hydrogens (tertiary/aromatic N) is 2. The Balaban J connectivity index is 2.03. The first-order valence-corrected chi connectivity index (χ1v) is 8.17. The van der Waals surface area contributed by atoms with Crippen LogP contribution in [0.4, 0.5) is 4.79 Å². The van der Waals surface area contributed by atoms with E-state index in [4.69, 9.17) is 10.5 Å². The van der Waals surface area contributed by atoms with E-state index in [2.05, 4.69) is 0 Å². The molecular weight excluding hydrogens is 282 g/mol. The molecule has 2 aliphatic rings. The molecule has 0 aromatic rings. The van der Waals surface area contributed by atoms with Crippen LogP contribution in [0, 0.1) is 0 Å². The van der Waals surface area contributed by atoms with Crippen LogP contribution in [-0.2, 0) is 9.53 Å². The highest BCUT2D eigenvalue weighted by Gasteiger charge is 2.41. The number of rotatable bonds is 1. The maximum absolute atomic E-state index is 12.4. The highest BCUT2D eigenvalue weighted by Crippen LogP contribution is 2.30. The Labute approximate surface area is 132 Å². The smallest absolute Gasteiger partial charge is 0.410 e. The molecule has 0 bridgehead atoms. The minimum Gasteiger partial charge on any atom is -0.444 e. The zero-order valence-electron chi connectivity index (χ0n) is 14.3. The Kier molecular flexibility index (Phi) is 4.70. The molecule has 0 radical (unpaired) electrons. The summed E-state index contributed by atoms with van der Waals surface area (Å²) >= 11 is 0. The van der Waals surface area contributed by atoms with E-state index in [0.29, 0.717) is 0 Å². The Morgan fingerprint density at radius 3 is 2.18 bits per heavy atom. The lowest BCUT2D eigenvalue weighted by molar-refractivity contribution is -0.132. The Bertz CT molecular complexity index is 434. The van der Waals surface area contributed by atoms with E-state index in [1.54, 1.807) is 0 Å². The van der Waals surface area contributed by atoms with Gasteiger partial charge in [0.05, 0.1) is 6.04 Å². The van der Waals surface area contributed by atoms with Crippen molar-refractivity contribution in [3.05, 3.63) is 0 Å². The Hall–Kier alpha value is -1.30. The van der Waals surface area contributed by atoms with Gasteiger partial charge < -0.3 is 20.3 Å². The van der Waals surface area contributed by atoms with Crippen molar-refractivity contribution in [1.82, 2.24) is 9.80 Å². The summed E-state index contributed by atoms with van der Waals surface area (Å²) in [6, 6.07) is -0.0827. The molecule has 2 aliphatic heterocycles. The van der Waals surface area contributed by atoms with Gasteiger partial charge in [-0.15, -0.1) is 0 Å². The minimum absolute atomic E-state index is 0.0493. The number of carbonyl (C=O) groups is 2. The molecule has 3 atom stereocenters. The number of piperidine rings is 1. The first kappa shape index (κ1) is 17.1. The molecule has 0 saturated carbocycles. The number of carbonyl (C=O) groups excluding carboxylic acids is 2. The van der Waals surface area contributed by atoms with Gasteiger partial charge in [-0.3, -0.25) is 4.79 Å². The topological polar surface area (TPSA) is 75.9 Å². The van der Waals surface area contributed by atoms with Gasteiger partial charge >= 0.3 is 6.09 Å². The fourth-order valence-electron chi connectivity index (χ4n) is 3.56. The monoisotopic (exact) mass is 311 g/mol. The molecule has 2 rings (SSSR count). The molecule has 0 spiro atoms. The molecule has 22 heavy (non-hydrogen) atoms. The molecule has 2 amide bonds. The minimum atomic E-state index is -0.495. The normalized spacial score (nSPS) is 33.3. The van der Waals surface area contributed by atoms with Crippen molar-refractivity contribution in [1.29, 1.82) is 0 Å². The van der Waals surface area contributed by atoms with Gasteiger partial charge in [-0.2, -0.15) is 0 Å². The van der Waals surface area contributed by atoms with Crippen molar-refractivity contribution in [2.75, 3.05) is 6.54 Å². The van der Waals surface area contributed by atoms with Gasteiger partial charge in [-0.1, -0.05) is 0 Å². The van der Waals surface area contributed by atoms with Crippen LogP contribution >= 0.6 is 0 Å². The summed E-state index contributed by atoms with van der Waals surface area (Å²) in [6.07, 6.45) is 2.02. The van der Waals surface area contributed by atoms with E-state index in [1.807, 2.05) is 44.4 Å². The van der Waals surface area contributed by atoms with Gasteiger partial charge in [-0.05, 0) is 53.9 Å². The van der Waals surface area contributed by atoms with Crippen molar-refractivity contribution in [2.24, 2.45) is 5.73 Å². The Morgan fingerprint density at radius 1 is 1.23 bits per heavy atom. The van der Waals surface area contributed by atoms with E-state index in [-0.39, 0.29) is 36.2 Å². The average molecular weight is 311 g/mol. The van der Waals surface area contributed by atoms with Gasteiger partial charge in [-0.25, -0.2) is 4.79 Å². The van der Waals surface area contributed by atoms with E-state index in [0.717, 1.165) is 25.8 Å². The van der Waals surface area contributed by atoms with E-state index in [9.17, 15) is 9.59 Å². The fourth-order valence-corrected chi connectivity index (χ4v) is 3.56. The summed E-state index contributed by atoms with van der Waals surface area (Å²) in [5.41, 5.74) is 5.32. The van der Waals surface area contributed by atoms with Gasteiger partial charge in [0.1, 0.15) is 5.60 Å². The van der Waals surface area contributed by atoms with Crippen LogP contribution in [0.15, 0.2) is 0 Å². The van der Waals surface area contributed by atoms with E-state index in [1.165, 1.54) is 0 Å². The number of amides is 2. The molecule has 0 aliphatic carbocycles. The molecule has 2 fully saturated rings. The zero-order chi connectivity index (χ0) is 16.7. The molecule has 2 heterocycles. The quantitative estimate of drug-likeness (QED) is 0.800. The van der Waals surface area contributed by atoms with Crippen molar-refractivity contribution < 1.29 is 14.3 Å². The molecule has 126 valence electrons. The molecule has 0 aromatic carbocycles. The molecular formula is C16H29N3O3. The first-order valence-electron chi connectivity index (χ1n) is 8.17. The third-order valence-electron chi connectivity index (χ3n) is 4.50. The van der Waals surface area contributed by atoms with E-state index >= 15 is 0 Å². The summed E-state index contributed by atoms with van der Waals surface area (Å²) in [5, 5.41) is 0. The van der Waals surface area contributed by atoms with Crippen LogP contribution in [0.5, 0.6) is 0 Å². The standard InChI is InChI=1S/C16H29N3O3/c1-10-8-12(18-7-6-13(17)14(18)20)9-11(2)19(10)15(21)22-16(3,4)5/h10-13H,6-9,17H2,1-5H3/t10?,11?,12?,13-/m0/s1. The van der Waals surface area contributed by atoms with Gasteiger partial charge in [0.25, 0.3) is 0 Å². The number of nitrogens with two attached hydrogens (primary N) is 1. The third-order valence-corrected chi connectivity index (χ3v) is 4.50. The van der Waals surface area contributed by atoms with Crippen LogP contribution in [0.3, 0.4) is 0 Å². The lowest BCUT2D eigenvalue weighted by Crippen LogP contribution is -2.56. The molecule has 6 heteroatoms. The number of hydrogen-bond acceptors (Lipinski definition) is 4. The number of hydrogen-bond donors (Lipinski definition) is 1. The van der Waals surface area contributed by atoms with Crippen LogP contribution in [0.2, 0.25) is 0 Å². The second-order valence-corrected chi connectivity index (χ2v) is 7.64. The zero-order valence-corrected chi connectivity index (χ0v) is 14.3. The second kappa shape index (κ2) is 6.07. The molecule has 2 N–H and O–H groups in total. The van der Waals surface area contributed by atoms with Gasteiger partial charge in [0.15, 0.2) is 0 Å². The third kappa shape index (κ3) is 3.54. The van der Waals surface area contributed by atoms with Gasteiger partial charge in [0, 0.05) is 24.7 Å². The second-order valence-electron chi connectivity index (χ2n) is 7.64. The maximum Gasteiger partial charge on any atom is 0.410 e. The van der Waals surface area contributed by atoms with Crippen LogP contribution in [-0.4, -0.2) is 58.1 Å². The molecule has 2 unspecified atom stereocenters.